The van der Waals surface area contributed by atoms with Crippen molar-refractivity contribution < 1.29 is 5.11 Å². The zero-order valence-electron chi connectivity index (χ0n) is 9.92. The summed E-state index contributed by atoms with van der Waals surface area (Å²) in [6, 6.07) is 0.304. The lowest BCUT2D eigenvalue weighted by molar-refractivity contribution is -0.0745. The summed E-state index contributed by atoms with van der Waals surface area (Å²) >= 11 is 0. The molecule has 3 N–H and O–H groups in total. The SMILES string of the molecule is CC1CCNC(C2(O)CCNCC2C)C1. The maximum absolute atomic E-state index is 10.8. The van der Waals surface area contributed by atoms with Crippen LogP contribution in [0.2, 0.25) is 0 Å². The molecule has 0 aromatic carbocycles. The highest BCUT2D eigenvalue weighted by Crippen LogP contribution is 2.33. The van der Waals surface area contributed by atoms with Gasteiger partial charge in [-0.05, 0) is 44.2 Å². The summed E-state index contributed by atoms with van der Waals surface area (Å²) in [6.45, 7) is 7.42. The van der Waals surface area contributed by atoms with Crippen LogP contribution in [0.5, 0.6) is 0 Å². The van der Waals surface area contributed by atoms with Crippen molar-refractivity contribution in [3.05, 3.63) is 0 Å². The van der Waals surface area contributed by atoms with Gasteiger partial charge in [0.25, 0.3) is 0 Å². The minimum Gasteiger partial charge on any atom is -0.388 e. The van der Waals surface area contributed by atoms with Crippen molar-refractivity contribution in [1.82, 2.24) is 10.6 Å². The van der Waals surface area contributed by atoms with E-state index in [9.17, 15) is 5.11 Å². The number of hydrogen-bond donors (Lipinski definition) is 3. The van der Waals surface area contributed by atoms with Gasteiger partial charge in [0.05, 0.1) is 5.60 Å². The predicted molar refractivity (Wildman–Crippen MR) is 61.8 cm³/mol. The van der Waals surface area contributed by atoms with Gasteiger partial charge in [-0.2, -0.15) is 0 Å². The van der Waals surface area contributed by atoms with Gasteiger partial charge >= 0.3 is 0 Å². The second-order valence-corrected chi connectivity index (χ2v) is 5.48. The fourth-order valence-corrected chi connectivity index (χ4v) is 3.04. The molecule has 0 aromatic heterocycles. The standard InChI is InChI=1S/C12H24N2O/c1-9-3-5-14-11(7-9)12(15)4-6-13-8-10(12)2/h9-11,13-15H,3-8H2,1-2H3. The second-order valence-electron chi connectivity index (χ2n) is 5.48. The molecule has 2 aliphatic heterocycles. The monoisotopic (exact) mass is 212 g/mol. The van der Waals surface area contributed by atoms with Crippen molar-refractivity contribution in [2.24, 2.45) is 11.8 Å². The summed E-state index contributed by atoms with van der Waals surface area (Å²) in [6.07, 6.45) is 3.26. The molecule has 0 amide bonds. The molecular weight excluding hydrogens is 188 g/mol. The molecule has 2 saturated heterocycles. The van der Waals surface area contributed by atoms with Gasteiger partial charge in [0, 0.05) is 12.6 Å². The van der Waals surface area contributed by atoms with Crippen LogP contribution in [-0.2, 0) is 0 Å². The minimum atomic E-state index is -0.486. The Morgan fingerprint density at radius 1 is 1.27 bits per heavy atom. The lowest BCUT2D eigenvalue weighted by Crippen LogP contribution is -2.62. The molecule has 3 heteroatoms. The second kappa shape index (κ2) is 4.40. The van der Waals surface area contributed by atoms with Crippen LogP contribution >= 0.6 is 0 Å². The predicted octanol–water partition coefficient (Wildman–Crippen LogP) is 0.735. The summed E-state index contributed by atoms with van der Waals surface area (Å²) in [5, 5.41) is 17.6. The Hall–Kier alpha value is -0.120. The van der Waals surface area contributed by atoms with Crippen LogP contribution in [-0.4, -0.2) is 36.4 Å². The smallest absolute Gasteiger partial charge is 0.0849 e. The Labute approximate surface area is 92.6 Å². The zero-order valence-corrected chi connectivity index (χ0v) is 9.92. The van der Waals surface area contributed by atoms with Gasteiger partial charge in [-0.15, -0.1) is 0 Å². The van der Waals surface area contributed by atoms with Gasteiger partial charge in [-0.1, -0.05) is 13.8 Å². The van der Waals surface area contributed by atoms with E-state index in [0.717, 1.165) is 38.4 Å². The highest BCUT2D eigenvalue weighted by atomic mass is 16.3. The van der Waals surface area contributed by atoms with E-state index in [2.05, 4.69) is 24.5 Å². The molecule has 88 valence electrons. The van der Waals surface area contributed by atoms with Crippen LogP contribution < -0.4 is 10.6 Å². The summed E-state index contributed by atoms with van der Waals surface area (Å²) in [4.78, 5) is 0. The van der Waals surface area contributed by atoms with E-state index >= 15 is 0 Å². The molecule has 2 fully saturated rings. The molecule has 0 spiro atoms. The van der Waals surface area contributed by atoms with Crippen LogP contribution in [0, 0.1) is 11.8 Å². The Morgan fingerprint density at radius 3 is 2.73 bits per heavy atom. The molecule has 0 radical (unpaired) electrons. The van der Waals surface area contributed by atoms with E-state index in [1.165, 1.54) is 6.42 Å². The third kappa shape index (κ3) is 2.19. The van der Waals surface area contributed by atoms with Gasteiger partial charge < -0.3 is 15.7 Å². The normalized spacial score (nSPS) is 47.8. The summed E-state index contributed by atoms with van der Waals surface area (Å²) < 4.78 is 0. The van der Waals surface area contributed by atoms with Crippen molar-refractivity contribution in [3.8, 4) is 0 Å². The molecule has 2 heterocycles. The van der Waals surface area contributed by atoms with Gasteiger partial charge in [-0.3, -0.25) is 0 Å². The Balaban J connectivity index is 2.05. The molecule has 3 nitrogen and oxygen atoms in total. The van der Waals surface area contributed by atoms with Crippen LogP contribution in [0.15, 0.2) is 0 Å². The third-order valence-electron chi connectivity index (χ3n) is 4.28. The molecule has 0 aromatic rings. The quantitative estimate of drug-likeness (QED) is 0.600. The highest BCUT2D eigenvalue weighted by molar-refractivity contribution is 5.00. The summed E-state index contributed by atoms with van der Waals surface area (Å²) in [7, 11) is 0. The van der Waals surface area contributed by atoms with Crippen molar-refractivity contribution in [2.45, 2.75) is 44.8 Å². The number of rotatable bonds is 1. The first kappa shape index (κ1) is 11.4. The van der Waals surface area contributed by atoms with E-state index in [1.807, 2.05) is 0 Å². The van der Waals surface area contributed by atoms with Gasteiger partial charge in [0.1, 0.15) is 0 Å². The van der Waals surface area contributed by atoms with Crippen LogP contribution in [0.4, 0.5) is 0 Å². The fraction of sp³-hybridized carbons (Fsp3) is 1.00. The van der Waals surface area contributed by atoms with E-state index in [0.29, 0.717) is 12.0 Å². The molecule has 15 heavy (non-hydrogen) atoms. The van der Waals surface area contributed by atoms with Gasteiger partial charge in [0.15, 0.2) is 0 Å². The third-order valence-corrected chi connectivity index (χ3v) is 4.28. The molecule has 0 aliphatic carbocycles. The maximum atomic E-state index is 10.8. The van der Waals surface area contributed by atoms with Crippen molar-refractivity contribution in [2.75, 3.05) is 19.6 Å². The van der Waals surface area contributed by atoms with Crippen molar-refractivity contribution in [3.63, 3.8) is 0 Å². The lowest BCUT2D eigenvalue weighted by Gasteiger charge is -2.47. The first-order valence-electron chi connectivity index (χ1n) is 6.29. The van der Waals surface area contributed by atoms with E-state index in [4.69, 9.17) is 0 Å². The largest absolute Gasteiger partial charge is 0.388 e. The molecule has 4 atom stereocenters. The molecule has 4 unspecified atom stereocenters. The maximum Gasteiger partial charge on any atom is 0.0849 e. The van der Waals surface area contributed by atoms with Gasteiger partial charge in [-0.25, -0.2) is 0 Å². The molecule has 0 bridgehead atoms. The van der Waals surface area contributed by atoms with Crippen LogP contribution in [0.25, 0.3) is 0 Å². The molecule has 2 aliphatic rings. The number of piperidine rings is 2. The number of hydrogen-bond acceptors (Lipinski definition) is 3. The van der Waals surface area contributed by atoms with Crippen LogP contribution in [0.1, 0.15) is 33.1 Å². The highest BCUT2D eigenvalue weighted by Gasteiger charge is 2.44. The Morgan fingerprint density at radius 2 is 2.07 bits per heavy atom. The topological polar surface area (TPSA) is 44.3 Å². The van der Waals surface area contributed by atoms with E-state index in [1.54, 1.807) is 0 Å². The average molecular weight is 212 g/mol. The lowest BCUT2D eigenvalue weighted by atomic mass is 9.73. The van der Waals surface area contributed by atoms with Gasteiger partial charge in [0.2, 0.25) is 0 Å². The summed E-state index contributed by atoms with van der Waals surface area (Å²) in [5.41, 5.74) is -0.486. The van der Waals surface area contributed by atoms with E-state index in [-0.39, 0.29) is 0 Å². The minimum absolute atomic E-state index is 0.304. The molecule has 2 rings (SSSR count). The number of nitrogens with one attached hydrogen (secondary N) is 2. The van der Waals surface area contributed by atoms with Crippen molar-refractivity contribution >= 4 is 0 Å². The Kier molecular flexibility index (Phi) is 3.33. The van der Waals surface area contributed by atoms with Crippen molar-refractivity contribution in [1.29, 1.82) is 0 Å². The Bertz CT molecular complexity index is 222. The molecule has 0 saturated carbocycles. The molecular formula is C12H24N2O. The first-order valence-corrected chi connectivity index (χ1v) is 6.29. The first-order chi connectivity index (χ1) is 7.13. The van der Waals surface area contributed by atoms with E-state index < -0.39 is 5.60 Å². The zero-order chi connectivity index (χ0) is 10.9. The fourth-order valence-electron chi connectivity index (χ4n) is 3.04. The van der Waals surface area contributed by atoms with Crippen LogP contribution in [0.3, 0.4) is 0 Å². The summed E-state index contributed by atoms with van der Waals surface area (Å²) in [5.74, 6) is 1.11. The number of aliphatic hydroxyl groups is 1. The average Bonchev–Trinajstić information content (AvgIpc) is 2.23.